The fraction of sp³-hybridized carbons (Fsp3) is 0.500. The van der Waals surface area contributed by atoms with Crippen molar-refractivity contribution in [3.63, 3.8) is 0 Å². The molecular formula is C12H16N2O3. The van der Waals surface area contributed by atoms with E-state index in [9.17, 15) is 4.79 Å². The molecule has 0 bridgehead atoms. The highest BCUT2D eigenvalue weighted by Gasteiger charge is 2.22. The molecular weight excluding hydrogens is 220 g/mol. The van der Waals surface area contributed by atoms with Crippen molar-refractivity contribution in [2.75, 3.05) is 19.7 Å². The maximum atomic E-state index is 10.7. The fourth-order valence-electron chi connectivity index (χ4n) is 1.93. The van der Waals surface area contributed by atoms with Crippen LogP contribution in [0.4, 0.5) is 4.79 Å². The molecule has 0 radical (unpaired) electrons. The average molecular weight is 236 g/mol. The van der Waals surface area contributed by atoms with Crippen LogP contribution < -0.4 is 4.74 Å². The second-order valence-corrected chi connectivity index (χ2v) is 4.19. The third kappa shape index (κ3) is 3.34. The van der Waals surface area contributed by atoms with E-state index in [-0.39, 0.29) is 0 Å². The van der Waals surface area contributed by atoms with Crippen LogP contribution in [0.2, 0.25) is 0 Å². The molecule has 0 aliphatic carbocycles. The lowest BCUT2D eigenvalue weighted by molar-refractivity contribution is 0.111. The number of hydrogen-bond acceptors (Lipinski definition) is 3. The Bertz CT molecular complexity index is 361. The Morgan fingerprint density at radius 3 is 2.82 bits per heavy atom. The van der Waals surface area contributed by atoms with Crippen molar-refractivity contribution in [3.8, 4) is 5.88 Å². The Kier molecular flexibility index (Phi) is 3.80. The summed E-state index contributed by atoms with van der Waals surface area (Å²) < 4.78 is 5.56. The Labute approximate surface area is 100 Å². The van der Waals surface area contributed by atoms with Gasteiger partial charge in [0.2, 0.25) is 5.88 Å². The normalized spacial score (nSPS) is 16.8. The van der Waals surface area contributed by atoms with E-state index in [4.69, 9.17) is 9.84 Å². The molecule has 1 saturated heterocycles. The van der Waals surface area contributed by atoms with Crippen molar-refractivity contribution < 1.29 is 14.6 Å². The van der Waals surface area contributed by atoms with Crippen molar-refractivity contribution in [1.29, 1.82) is 0 Å². The van der Waals surface area contributed by atoms with Gasteiger partial charge in [-0.25, -0.2) is 9.78 Å². The molecule has 1 aliphatic rings. The number of carboxylic acid groups (broad SMARTS) is 1. The summed E-state index contributed by atoms with van der Waals surface area (Å²) in [4.78, 5) is 16.3. The first-order chi connectivity index (χ1) is 8.25. The second-order valence-electron chi connectivity index (χ2n) is 4.19. The number of likely N-dealkylation sites (tertiary alicyclic amines) is 1. The zero-order chi connectivity index (χ0) is 12.1. The molecule has 1 fully saturated rings. The number of ether oxygens (including phenoxy) is 1. The number of carbonyl (C=O) groups is 1. The molecule has 1 N–H and O–H groups in total. The fourth-order valence-corrected chi connectivity index (χ4v) is 1.93. The minimum Gasteiger partial charge on any atom is -0.477 e. The number of rotatable bonds is 3. The maximum Gasteiger partial charge on any atom is 0.407 e. The first-order valence-corrected chi connectivity index (χ1v) is 5.77. The van der Waals surface area contributed by atoms with Crippen LogP contribution in [-0.4, -0.2) is 40.8 Å². The topological polar surface area (TPSA) is 62.7 Å². The molecule has 92 valence electrons. The van der Waals surface area contributed by atoms with Gasteiger partial charge < -0.3 is 14.7 Å². The highest BCUT2D eigenvalue weighted by Crippen LogP contribution is 2.18. The van der Waals surface area contributed by atoms with Crippen molar-refractivity contribution in [2.24, 2.45) is 5.92 Å². The van der Waals surface area contributed by atoms with Gasteiger partial charge in [0.15, 0.2) is 0 Å². The van der Waals surface area contributed by atoms with E-state index in [0.717, 1.165) is 12.8 Å². The van der Waals surface area contributed by atoms with E-state index in [0.29, 0.717) is 31.5 Å². The highest BCUT2D eigenvalue weighted by molar-refractivity contribution is 5.64. The number of hydrogen-bond donors (Lipinski definition) is 1. The largest absolute Gasteiger partial charge is 0.477 e. The second kappa shape index (κ2) is 5.52. The van der Waals surface area contributed by atoms with Gasteiger partial charge in [-0.2, -0.15) is 0 Å². The minimum absolute atomic E-state index is 0.424. The summed E-state index contributed by atoms with van der Waals surface area (Å²) in [6.07, 6.45) is 2.59. The Hall–Kier alpha value is -1.78. The van der Waals surface area contributed by atoms with E-state index in [1.165, 1.54) is 4.90 Å². The Balaban J connectivity index is 1.74. The van der Waals surface area contributed by atoms with Crippen LogP contribution in [0, 0.1) is 5.92 Å². The van der Waals surface area contributed by atoms with Gasteiger partial charge >= 0.3 is 6.09 Å². The highest BCUT2D eigenvalue weighted by atomic mass is 16.5. The van der Waals surface area contributed by atoms with E-state index < -0.39 is 6.09 Å². The smallest absolute Gasteiger partial charge is 0.407 e. The third-order valence-corrected chi connectivity index (χ3v) is 2.99. The van der Waals surface area contributed by atoms with E-state index in [1.54, 1.807) is 6.20 Å². The Morgan fingerprint density at radius 1 is 1.47 bits per heavy atom. The van der Waals surface area contributed by atoms with Crippen LogP contribution in [0.3, 0.4) is 0 Å². The molecule has 0 unspecified atom stereocenters. The molecule has 1 aromatic heterocycles. The maximum absolute atomic E-state index is 10.7. The quantitative estimate of drug-likeness (QED) is 0.870. The van der Waals surface area contributed by atoms with Crippen LogP contribution in [0.5, 0.6) is 5.88 Å². The number of pyridine rings is 1. The van der Waals surface area contributed by atoms with Crippen LogP contribution in [0.1, 0.15) is 12.8 Å². The van der Waals surface area contributed by atoms with Crippen molar-refractivity contribution in [3.05, 3.63) is 24.4 Å². The monoisotopic (exact) mass is 236 g/mol. The van der Waals surface area contributed by atoms with Crippen LogP contribution in [-0.2, 0) is 0 Å². The predicted molar refractivity (Wildman–Crippen MR) is 62.1 cm³/mol. The summed E-state index contributed by atoms with van der Waals surface area (Å²) in [5.41, 5.74) is 0. The lowest BCUT2D eigenvalue weighted by Crippen LogP contribution is -2.38. The minimum atomic E-state index is -0.825. The molecule has 0 saturated carbocycles. The molecule has 1 aromatic rings. The van der Waals surface area contributed by atoms with Crippen LogP contribution in [0.25, 0.3) is 0 Å². The molecule has 5 nitrogen and oxygen atoms in total. The van der Waals surface area contributed by atoms with Crippen molar-refractivity contribution in [1.82, 2.24) is 9.88 Å². The molecule has 2 rings (SSSR count). The average Bonchev–Trinajstić information content (AvgIpc) is 2.38. The summed E-state index contributed by atoms with van der Waals surface area (Å²) in [6, 6.07) is 5.56. The third-order valence-electron chi connectivity index (χ3n) is 2.99. The van der Waals surface area contributed by atoms with E-state index in [2.05, 4.69) is 4.98 Å². The summed E-state index contributed by atoms with van der Waals surface area (Å²) >= 11 is 0. The van der Waals surface area contributed by atoms with Gasteiger partial charge in [-0.1, -0.05) is 6.07 Å². The number of nitrogens with zero attached hydrogens (tertiary/aromatic N) is 2. The number of amides is 1. The first kappa shape index (κ1) is 11.7. The molecule has 0 aromatic carbocycles. The molecule has 1 aliphatic heterocycles. The summed E-state index contributed by atoms with van der Waals surface area (Å²) in [5, 5.41) is 8.82. The van der Waals surface area contributed by atoms with E-state index >= 15 is 0 Å². The summed E-state index contributed by atoms with van der Waals surface area (Å²) in [6.45, 7) is 1.82. The SMILES string of the molecule is O=C(O)N1CCC(COc2ccccn2)CC1. The van der Waals surface area contributed by atoms with Gasteiger partial charge in [0, 0.05) is 25.4 Å². The zero-order valence-electron chi connectivity index (χ0n) is 9.58. The van der Waals surface area contributed by atoms with Crippen LogP contribution >= 0.6 is 0 Å². The standard InChI is InChI=1S/C12H16N2O3/c15-12(16)14-7-4-10(5-8-14)9-17-11-3-1-2-6-13-11/h1-3,6,10H,4-5,7-9H2,(H,15,16). The van der Waals surface area contributed by atoms with Gasteiger partial charge in [-0.3, -0.25) is 0 Å². The van der Waals surface area contributed by atoms with E-state index in [1.807, 2.05) is 18.2 Å². The number of aromatic nitrogens is 1. The lowest BCUT2D eigenvalue weighted by Gasteiger charge is -2.29. The number of piperidine rings is 1. The van der Waals surface area contributed by atoms with Crippen molar-refractivity contribution in [2.45, 2.75) is 12.8 Å². The molecule has 17 heavy (non-hydrogen) atoms. The van der Waals surface area contributed by atoms with Gasteiger partial charge in [0.25, 0.3) is 0 Å². The lowest BCUT2D eigenvalue weighted by atomic mass is 9.98. The molecule has 2 heterocycles. The van der Waals surface area contributed by atoms with Gasteiger partial charge in [0.1, 0.15) is 0 Å². The van der Waals surface area contributed by atoms with Crippen molar-refractivity contribution >= 4 is 6.09 Å². The summed E-state index contributed by atoms with van der Waals surface area (Å²) in [7, 11) is 0. The van der Waals surface area contributed by atoms with Gasteiger partial charge in [0.05, 0.1) is 6.61 Å². The molecule has 1 amide bonds. The zero-order valence-corrected chi connectivity index (χ0v) is 9.58. The summed E-state index contributed by atoms with van der Waals surface area (Å²) in [5.74, 6) is 1.06. The predicted octanol–water partition coefficient (Wildman–Crippen LogP) is 1.85. The molecule has 5 heteroatoms. The van der Waals surface area contributed by atoms with Crippen LogP contribution in [0.15, 0.2) is 24.4 Å². The molecule has 0 spiro atoms. The van der Waals surface area contributed by atoms with Gasteiger partial charge in [-0.05, 0) is 24.8 Å². The first-order valence-electron chi connectivity index (χ1n) is 5.77. The Morgan fingerprint density at radius 2 is 2.24 bits per heavy atom. The molecule has 0 atom stereocenters. The van der Waals surface area contributed by atoms with Gasteiger partial charge in [-0.15, -0.1) is 0 Å².